The standard InChI is InChI=1S/C4H12N3Si/c1-5-4(8,6-2)7-3/h5-7H,1-3H3. The Morgan fingerprint density at radius 3 is 1.25 bits per heavy atom. The van der Waals surface area contributed by atoms with Crippen LogP contribution in [0.5, 0.6) is 0 Å². The average molecular weight is 130 g/mol. The predicted molar refractivity (Wildman–Crippen MR) is 35.7 cm³/mol. The van der Waals surface area contributed by atoms with Crippen LogP contribution in [0.3, 0.4) is 0 Å². The molecule has 0 aromatic rings. The van der Waals surface area contributed by atoms with Crippen molar-refractivity contribution in [2.45, 2.75) is 5.41 Å². The van der Waals surface area contributed by atoms with Crippen molar-refractivity contribution in [2.75, 3.05) is 21.1 Å². The molecule has 47 valence electrons. The molecule has 0 unspecified atom stereocenters. The lowest BCUT2D eigenvalue weighted by Crippen LogP contribution is -2.63. The molecule has 0 atom stereocenters. The summed E-state index contributed by atoms with van der Waals surface area (Å²) in [5.74, 6) is 0. The van der Waals surface area contributed by atoms with Gasteiger partial charge in [-0.25, -0.2) is 0 Å². The Labute approximate surface area is 53.7 Å². The van der Waals surface area contributed by atoms with Crippen LogP contribution in [0.2, 0.25) is 0 Å². The van der Waals surface area contributed by atoms with E-state index < -0.39 is 0 Å². The van der Waals surface area contributed by atoms with Crippen LogP contribution in [-0.4, -0.2) is 36.8 Å². The summed E-state index contributed by atoms with van der Waals surface area (Å²) in [5.41, 5.74) is -0.319. The van der Waals surface area contributed by atoms with E-state index in [0.717, 1.165) is 0 Å². The van der Waals surface area contributed by atoms with E-state index >= 15 is 0 Å². The molecule has 3 N–H and O–H groups in total. The SMILES string of the molecule is CNC([Si])(NC)NC. The molecular weight excluding hydrogens is 118 g/mol. The van der Waals surface area contributed by atoms with Gasteiger partial charge < -0.3 is 0 Å². The molecule has 0 aromatic carbocycles. The number of hydrogen-bond acceptors (Lipinski definition) is 3. The molecule has 0 aliphatic rings. The highest BCUT2D eigenvalue weighted by molar-refractivity contribution is 6.14. The van der Waals surface area contributed by atoms with Gasteiger partial charge in [0.05, 0.1) is 15.7 Å². The third-order valence-electron chi connectivity index (χ3n) is 1.12. The molecule has 0 bridgehead atoms. The first kappa shape index (κ1) is 8.10. The van der Waals surface area contributed by atoms with Gasteiger partial charge in [0.2, 0.25) is 0 Å². The van der Waals surface area contributed by atoms with Crippen molar-refractivity contribution in [1.82, 2.24) is 16.0 Å². The minimum absolute atomic E-state index is 0.319. The molecule has 4 heteroatoms. The summed E-state index contributed by atoms with van der Waals surface area (Å²) in [6.45, 7) is 0. The molecule has 0 amide bonds. The molecule has 3 nitrogen and oxygen atoms in total. The lowest BCUT2D eigenvalue weighted by atomic mass is 10.7. The molecule has 0 saturated heterocycles. The fourth-order valence-electron chi connectivity index (χ4n) is 0.375. The van der Waals surface area contributed by atoms with Gasteiger partial charge in [0.1, 0.15) is 0 Å². The quantitative estimate of drug-likeness (QED) is 0.319. The normalized spacial score (nSPS) is 12.0. The zero-order valence-corrected chi connectivity index (χ0v) is 6.50. The largest absolute Gasteiger partial charge is 0.294 e. The van der Waals surface area contributed by atoms with Gasteiger partial charge >= 0.3 is 0 Å². The fourth-order valence-corrected chi connectivity index (χ4v) is 0.375. The van der Waals surface area contributed by atoms with E-state index in [2.05, 4.69) is 26.2 Å². The third kappa shape index (κ3) is 1.91. The smallest absolute Gasteiger partial charge is 0.0992 e. The zero-order valence-electron chi connectivity index (χ0n) is 5.50. The van der Waals surface area contributed by atoms with Gasteiger partial charge in [0.15, 0.2) is 0 Å². The highest BCUT2D eigenvalue weighted by atomic mass is 28.1. The summed E-state index contributed by atoms with van der Waals surface area (Å²) >= 11 is 0. The number of rotatable bonds is 3. The second-order valence-corrected chi connectivity index (χ2v) is 2.25. The molecule has 0 spiro atoms. The van der Waals surface area contributed by atoms with Gasteiger partial charge in [0.25, 0.3) is 0 Å². The van der Waals surface area contributed by atoms with Crippen molar-refractivity contribution in [2.24, 2.45) is 0 Å². The lowest BCUT2D eigenvalue weighted by molar-refractivity contribution is 0.373. The zero-order chi connectivity index (χ0) is 6.62. The number of hydrogen-bond donors (Lipinski definition) is 3. The minimum atomic E-state index is -0.319. The maximum absolute atomic E-state index is 3.40. The van der Waals surface area contributed by atoms with Crippen LogP contribution >= 0.6 is 0 Å². The summed E-state index contributed by atoms with van der Waals surface area (Å²) in [6, 6.07) is 0. The van der Waals surface area contributed by atoms with Crippen LogP contribution in [0, 0.1) is 0 Å². The molecule has 0 heterocycles. The Bertz CT molecular complexity index is 54.0. The van der Waals surface area contributed by atoms with Crippen LogP contribution < -0.4 is 16.0 Å². The molecule has 0 aliphatic heterocycles. The lowest BCUT2D eigenvalue weighted by Gasteiger charge is -2.27. The van der Waals surface area contributed by atoms with Crippen molar-refractivity contribution in [3.63, 3.8) is 0 Å². The van der Waals surface area contributed by atoms with Gasteiger partial charge in [-0.3, -0.25) is 16.0 Å². The maximum Gasteiger partial charge on any atom is 0.0992 e. The molecule has 0 rings (SSSR count). The molecule has 0 aromatic heterocycles. The van der Waals surface area contributed by atoms with Gasteiger partial charge in [-0.15, -0.1) is 0 Å². The topological polar surface area (TPSA) is 36.1 Å². The monoisotopic (exact) mass is 130 g/mol. The Morgan fingerprint density at radius 1 is 1.00 bits per heavy atom. The van der Waals surface area contributed by atoms with Gasteiger partial charge in [-0.05, 0) is 21.1 Å². The van der Waals surface area contributed by atoms with E-state index in [0.29, 0.717) is 0 Å². The summed E-state index contributed by atoms with van der Waals surface area (Å²) < 4.78 is 0. The Balaban J connectivity index is 3.58. The van der Waals surface area contributed by atoms with Crippen molar-refractivity contribution in [1.29, 1.82) is 0 Å². The van der Waals surface area contributed by atoms with Crippen molar-refractivity contribution in [3.05, 3.63) is 0 Å². The second-order valence-electron chi connectivity index (χ2n) is 1.50. The van der Waals surface area contributed by atoms with E-state index in [1.807, 2.05) is 21.1 Å². The predicted octanol–water partition coefficient (Wildman–Crippen LogP) is -1.58. The van der Waals surface area contributed by atoms with E-state index in [4.69, 9.17) is 0 Å². The minimum Gasteiger partial charge on any atom is -0.294 e. The van der Waals surface area contributed by atoms with E-state index in [1.165, 1.54) is 0 Å². The van der Waals surface area contributed by atoms with E-state index in [9.17, 15) is 0 Å². The summed E-state index contributed by atoms with van der Waals surface area (Å²) in [6.07, 6.45) is 0. The number of nitrogens with one attached hydrogen (secondary N) is 3. The average Bonchev–Trinajstić information content (AvgIpc) is 1.87. The molecule has 0 aliphatic carbocycles. The first-order chi connectivity index (χ1) is 3.68. The summed E-state index contributed by atoms with van der Waals surface area (Å²) in [7, 11) is 8.94. The second kappa shape index (κ2) is 3.19. The molecule has 8 heavy (non-hydrogen) atoms. The van der Waals surface area contributed by atoms with Crippen LogP contribution in [0.4, 0.5) is 0 Å². The molecular formula is C4H12N3Si. The maximum atomic E-state index is 3.40. The Morgan fingerprint density at radius 2 is 1.25 bits per heavy atom. The Hall–Kier alpha value is 0.0969. The van der Waals surface area contributed by atoms with Crippen molar-refractivity contribution in [3.8, 4) is 0 Å². The van der Waals surface area contributed by atoms with Gasteiger partial charge in [-0.2, -0.15) is 0 Å². The Kier molecular flexibility index (Phi) is 3.23. The fraction of sp³-hybridized carbons (Fsp3) is 1.00. The van der Waals surface area contributed by atoms with Crippen LogP contribution in [0.1, 0.15) is 0 Å². The summed E-state index contributed by atoms with van der Waals surface area (Å²) in [5, 5.41) is 8.91. The molecule has 3 radical (unpaired) electrons. The van der Waals surface area contributed by atoms with Crippen molar-refractivity contribution >= 4 is 10.2 Å². The van der Waals surface area contributed by atoms with Crippen LogP contribution in [0.25, 0.3) is 0 Å². The van der Waals surface area contributed by atoms with Gasteiger partial charge in [-0.1, -0.05) is 0 Å². The van der Waals surface area contributed by atoms with E-state index in [1.54, 1.807) is 0 Å². The molecule has 0 saturated carbocycles. The van der Waals surface area contributed by atoms with Crippen molar-refractivity contribution < 1.29 is 0 Å². The third-order valence-corrected chi connectivity index (χ3v) is 1.88. The first-order valence-corrected chi connectivity index (χ1v) is 3.00. The van der Waals surface area contributed by atoms with Crippen LogP contribution in [-0.2, 0) is 0 Å². The van der Waals surface area contributed by atoms with E-state index in [-0.39, 0.29) is 5.41 Å². The summed E-state index contributed by atoms with van der Waals surface area (Å²) in [4.78, 5) is 0. The van der Waals surface area contributed by atoms with Crippen LogP contribution in [0.15, 0.2) is 0 Å². The highest BCUT2D eigenvalue weighted by Gasteiger charge is 2.13. The first-order valence-electron chi connectivity index (χ1n) is 2.50. The highest BCUT2D eigenvalue weighted by Crippen LogP contribution is 1.78. The molecule has 0 fully saturated rings. The van der Waals surface area contributed by atoms with Gasteiger partial charge in [0, 0.05) is 0 Å².